The van der Waals surface area contributed by atoms with Gasteiger partial charge in [-0.25, -0.2) is 0 Å². The van der Waals surface area contributed by atoms with E-state index in [0.717, 1.165) is 10.0 Å². The fourth-order valence-electron chi connectivity index (χ4n) is 1.54. The quantitative estimate of drug-likeness (QED) is 0.530. The van der Waals surface area contributed by atoms with Gasteiger partial charge in [-0.1, -0.05) is 34.1 Å². The van der Waals surface area contributed by atoms with Gasteiger partial charge in [0.25, 0.3) is 0 Å². The number of hydrogen-bond acceptors (Lipinski definition) is 2. The summed E-state index contributed by atoms with van der Waals surface area (Å²) in [7, 11) is 0. The predicted molar refractivity (Wildman–Crippen MR) is 78.4 cm³/mol. The lowest BCUT2D eigenvalue weighted by molar-refractivity contribution is 0.104. The number of ketones is 1. The zero-order valence-corrected chi connectivity index (χ0v) is 11.2. The van der Waals surface area contributed by atoms with Crippen LogP contribution in [0.2, 0.25) is 0 Å². The first-order valence-corrected chi connectivity index (χ1v) is 6.28. The van der Waals surface area contributed by atoms with Crippen molar-refractivity contribution in [3.63, 3.8) is 0 Å². The van der Waals surface area contributed by atoms with Crippen LogP contribution in [0, 0.1) is 0 Å². The van der Waals surface area contributed by atoms with E-state index in [0.29, 0.717) is 11.3 Å². The SMILES string of the molecule is Nc1cccc(C=CC(=O)c2ccc(Br)cc2)c1. The Hall–Kier alpha value is -1.87. The van der Waals surface area contributed by atoms with Gasteiger partial charge in [0.15, 0.2) is 5.78 Å². The summed E-state index contributed by atoms with van der Waals surface area (Å²) in [6.45, 7) is 0. The Bertz CT molecular complexity index is 588. The van der Waals surface area contributed by atoms with Gasteiger partial charge < -0.3 is 5.73 Å². The van der Waals surface area contributed by atoms with Gasteiger partial charge in [-0.3, -0.25) is 4.79 Å². The second-order valence-corrected chi connectivity index (χ2v) is 4.79. The highest BCUT2D eigenvalue weighted by Gasteiger charge is 2.00. The Kier molecular flexibility index (Phi) is 3.95. The summed E-state index contributed by atoms with van der Waals surface area (Å²) >= 11 is 3.34. The molecule has 2 aromatic rings. The normalized spacial score (nSPS) is 10.7. The third-order valence-corrected chi connectivity index (χ3v) is 3.00. The van der Waals surface area contributed by atoms with Crippen molar-refractivity contribution < 1.29 is 4.79 Å². The molecular weight excluding hydrogens is 290 g/mol. The lowest BCUT2D eigenvalue weighted by Crippen LogP contribution is -1.93. The van der Waals surface area contributed by atoms with E-state index in [2.05, 4.69) is 15.9 Å². The van der Waals surface area contributed by atoms with Crippen molar-refractivity contribution in [1.82, 2.24) is 0 Å². The number of benzene rings is 2. The number of nitrogens with two attached hydrogens (primary N) is 1. The second kappa shape index (κ2) is 5.65. The minimum atomic E-state index is -0.0232. The Balaban J connectivity index is 2.14. The van der Waals surface area contributed by atoms with Crippen LogP contribution < -0.4 is 5.73 Å². The number of halogens is 1. The van der Waals surface area contributed by atoms with Crippen molar-refractivity contribution >= 4 is 33.5 Å². The van der Waals surface area contributed by atoms with Crippen molar-refractivity contribution in [2.45, 2.75) is 0 Å². The van der Waals surface area contributed by atoms with Gasteiger partial charge in [0.05, 0.1) is 0 Å². The fraction of sp³-hybridized carbons (Fsp3) is 0. The van der Waals surface area contributed by atoms with Crippen LogP contribution >= 0.6 is 15.9 Å². The molecule has 0 amide bonds. The zero-order chi connectivity index (χ0) is 13.0. The number of nitrogen functional groups attached to an aromatic ring is 1. The first-order chi connectivity index (χ1) is 8.65. The minimum Gasteiger partial charge on any atom is -0.399 e. The smallest absolute Gasteiger partial charge is 0.185 e. The molecule has 0 radical (unpaired) electrons. The molecule has 0 unspecified atom stereocenters. The molecular formula is C15H12BrNO. The van der Waals surface area contributed by atoms with Crippen LogP contribution in [0.25, 0.3) is 6.08 Å². The number of hydrogen-bond donors (Lipinski definition) is 1. The predicted octanol–water partition coefficient (Wildman–Crippen LogP) is 3.93. The molecule has 0 aliphatic rings. The average molecular weight is 302 g/mol. The summed E-state index contributed by atoms with van der Waals surface area (Å²) in [4.78, 5) is 11.9. The maximum atomic E-state index is 11.9. The lowest BCUT2D eigenvalue weighted by atomic mass is 10.1. The van der Waals surface area contributed by atoms with Gasteiger partial charge in [0.1, 0.15) is 0 Å². The molecule has 0 fully saturated rings. The Morgan fingerprint density at radius 1 is 1.11 bits per heavy atom. The highest BCUT2D eigenvalue weighted by Crippen LogP contribution is 2.12. The molecule has 18 heavy (non-hydrogen) atoms. The van der Waals surface area contributed by atoms with E-state index in [4.69, 9.17) is 5.73 Å². The highest BCUT2D eigenvalue weighted by atomic mass is 79.9. The van der Waals surface area contributed by atoms with E-state index in [1.165, 1.54) is 0 Å². The monoisotopic (exact) mass is 301 g/mol. The van der Waals surface area contributed by atoms with Crippen molar-refractivity contribution in [3.8, 4) is 0 Å². The van der Waals surface area contributed by atoms with E-state index in [-0.39, 0.29) is 5.78 Å². The molecule has 0 saturated carbocycles. The lowest BCUT2D eigenvalue weighted by Gasteiger charge is -1.97. The first kappa shape index (κ1) is 12.6. The first-order valence-electron chi connectivity index (χ1n) is 5.49. The Morgan fingerprint density at radius 2 is 1.83 bits per heavy atom. The molecule has 2 N–H and O–H groups in total. The van der Waals surface area contributed by atoms with E-state index >= 15 is 0 Å². The molecule has 3 heteroatoms. The zero-order valence-electron chi connectivity index (χ0n) is 9.64. The fourth-order valence-corrected chi connectivity index (χ4v) is 1.81. The molecule has 2 aromatic carbocycles. The van der Waals surface area contributed by atoms with Crippen molar-refractivity contribution in [2.75, 3.05) is 5.73 Å². The largest absolute Gasteiger partial charge is 0.399 e. The standard InChI is InChI=1S/C15H12BrNO/c16-13-7-5-12(6-8-13)15(18)9-4-11-2-1-3-14(17)10-11/h1-10H,17H2. The van der Waals surface area contributed by atoms with E-state index in [9.17, 15) is 4.79 Å². The molecule has 2 rings (SSSR count). The third-order valence-electron chi connectivity index (χ3n) is 2.47. The molecule has 0 bridgehead atoms. The summed E-state index contributed by atoms with van der Waals surface area (Å²) < 4.78 is 0.957. The van der Waals surface area contributed by atoms with Crippen LogP contribution in [0.5, 0.6) is 0 Å². The van der Waals surface area contributed by atoms with Gasteiger partial charge in [-0.15, -0.1) is 0 Å². The average Bonchev–Trinajstić information content (AvgIpc) is 2.37. The Labute approximate surface area is 114 Å². The molecule has 0 spiro atoms. The molecule has 0 saturated heterocycles. The van der Waals surface area contributed by atoms with Crippen LogP contribution in [-0.2, 0) is 0 Å². The Morgan fingerprint density at radius 3 is 2.50 bits per heavy atom. The highest BCUT2D eigenvalue weighted by molar-refractivity contribution is 9.10. The summed E-state index contributed by atoms with van der Waals surface area (Å²) in [5, 5.41) is 0. The van der Waals surface area contributed by atoms with E-state index in [1.54, 1.807) is 24.3 Å². The summed E-state index contributed by atoms with van der Waals surface area (Å²) in [6, 6.07) is 14.7. The number of carbonyl (C=O) groups is 1. The van der Waals surface area contributed by atoms with Gasteiger partial charge in [-0.05, 0) is 48.0 Å². The molecule has 0 aromatic heterocycles. The molecule has 90 valence electrons. The van der Waals surface area contributed by atoms with Gasteiger partial charge in [0, 0.05) is 15.7 Å². The van der Waals surface area contributed by atoms with Crippen LogP contribution in [0.4, 0.5) is 5.69 Å². The molecule has 0 aliphatic carbocycles. The maximum absolute atomic E-state index is 11.9. The topological polar surface area (TPSA) is 43.1 Å². The summed E-state index contributed by atoms with van der Waals surface area (Å²) in [5.41, 5.74) is 7.94. The third kappa shape index (κ3) is 3.31. The van der Waals surface area contributed by atoms with Gasteiger partial charge >= 0.3 is 0 Å². The van der Waals surface area contributed by atoms with Gasteiger partial charge in [0.2, 0.25) is 0 Å². The van der Waals surface area contributed by atoms with Crippen molar-refractivity contribution in [2.24, 2.45) is 0 Å². The van der Waals surface area contributed by atoms with Crippen molar-refractivity contribution in [1.29, 1.82) is 0 Å². The maximum Gasteiger partial charge on any atom is 0.185 e. The van der Waals surface area contributed by atoms with Crippen LogP contribution in [0.3, 0.4) is 0 Å². The number of allylic oxidation sites excluding steroid dienone is 1. The van der Waals surface area contributed by atoms with E-state index in [1.807, 2.05) is 36.4 Å². The van der Waals surface area contributed by atoms with Crippen molar-refractivity contribution in [3.05, 3.63) is 70.2 Å². The number of carbonyl (C=O) groups excluding carboxylic acids is 1. The van der Waals surface area contributed by atoms with Gasteiger partial charge in [-0.2, -0.15) is 0 Å². The van der Waals surface area contributed by atoms with E-state index < -0.39 is 0 Å². The molecule has 0 aliphatic heterocycles. The molecule has 0 heterocycles. The number of anilines is 1. The van der Waals surface area contributed by atoms with Crippen LogP contribution in [0.1, 0.15) is 15.9 Å². The molecule has 0 atom stereocenters. The number of rotatable bonds is 3. The summed E-state index contributed by atoms with van der Waals surface area (Å²) in [6.07, 6.45) is 3.32. The summed E-state index contributed by atoms with van der Waals surface area (Å²) in [5.74, 6) is -0.0232. The molecule has 2 nitrogen and oxygen atoms in total. The van der Waals surface area contributed by atoms with Crippen LogP contribution in [-0.4, -0.2) is 5.78 Å². The minimum absolute atomic E-state index is 0.0232. The van der Waals surface area contributed by atoms with Crippen LogP contribution in [0.15, 0.2) is 59.1 Å². The second-order valence-electron chi connectivity index (χ2n) is 3.87.